The van der Waals surface area contributed by atoms with Gasteiger partial charge in [-0.3, -0.25) is 0 Å². The molecule has 0 spiro atoms. The van der Waals surface area contributed by atoms with E-state index in [-0.39, 0.29) is 11.9 Å². The van der Waals surface area contributed by atoms with Gasteiger partial charge in [0.25, 0.3) is 0 Å². The van der Waals surface area contributed by atoms with Crippen LogP contribution in [0.3, 0.4) is 0 Å². The van der Waals surface area contributed by atoms with E-state index in [9.17, 15) is 5.11 Å². The van der Waals surface area contributed by atoms with Crippen LogP contribution in [0, 0.1) is 6.92 Å². The molecule has 0 aliphatic carbocycles. The van der Waals surface area contributed by atoms with E-state index in [0.29, 0.717) is 29.2 Å². The lowest BCUT2D eigenvalue weighted by Gasteiger charge is -2.28. The Morgan fingerprint density at radius 2 is 1.89 bits per heavy atom. The van der Waals surface area contributed by atoms with Gasteiger partial charge in [0.05, 0.1) is 17.1 Å². The minimum Gasteiger partial charge on any atom is -0.507 e. The van der Waals surface area contributed by atoms with E-state index in [1.807, 2.05) is 43.5 Å². The number of fused-ring (bicyclic) bond motifs is 2. The Bertz CT molecular complexity index is 973. The summed E-state index contributed by atoms with van der Waals surface area (Å²) in [7, 11) is 0. The van der Waals surface area contributed by atoms with E-state index in [1.165, 1.54) is 12.8 Å². The molecule has 0 unspecified atom stereocenters. The van der Waals surface area contributed by atoms with E-state index in [4.69, 9.17) is 4.74 Å². The monoisotopic (exact) mass is 377 g/mol. The minimum absolute atomic E-state index is 0.142. The quantitative estimate of drug-likeness (QED) is 0.727. The summed E-state index contributed by atoms with van der Waals surface area (Å²) in [5.41, 5.74) is 2.96. The van der Waals surface area contributed by atoms with Crippen molar-refractivity contribution in [2.24, 2.45) is 0 Å². The average Bonchev–Trinajstić information content (AvgIpc) is 3.27. The molecule has 7 nitrogen and oxygen atoms in total. The number of aromatic nitrogens is 4. The summed E-state index contributed by atoms with van der Waals surface area (Å²) >= 11 is 0. The Morgan fingerprint density at radius 1 is 1.07 bits per heavy atom. The molecule has 3 aromatic rings. The maximum atomic E-state index is 10.5. The highest BCUT2D eigenvalue weighted by molar-refractivity contribution is 5.68. The summed E-state index contributed by atoms with van der Waals surface area (Å²) < 4.78 is 7.78. The third-order valence-electron chi connectivity index (χ3n) is 5.60. The summed E-state index contributed by atoms with van der Waals surface area (Å²) in [6, 6.07) is 12.1. The first-order valence-corrected chi connectivity index (χ1v) is 9.76. The molecule has 7 heteroatoms. The minimum atomic E-state index is 0.142. The number of ether oxygens (including phenoxy) is 1. The van der Waals surface area contributed by atoms with Crippen LogP contribution in [0.4, 0.5) is 0 Å². The Balaban J connectivity index is 1.31. The van der Waals surface area contributed by atoms with Crippen LogP contribution >= 0.6 is 0 Å². The molecule has 0 radical (unpaired) electrons. The van der Waals surface area contributed by atoms with Gasteiger partial charge >= 0.3 is 0 Å². The van der Waals surface area contributed by atoms with Gasteiger partial charge in [0, 0.05) is 36.0 Å². The van der Waals surface area contributed by atoms with Crippen molar-refractivity contribution in [1.29, 1.82) is 0 Å². The molecule has 0 amide bonds. The molecular weight excluding hydrogens is 354 g/mol. The predicted molar refractivity (Wildman–Crippen MR) is 105 cm³/mol. The summed E-state index contributed by atoms with van der Waals surface area (Å²) in [6.45, 7) is 1.93. The van der Waals surface area contributed by atoms with Crippen LogP contribution in [0.25, 0.3) is 16.9 Å². The number of hydrogen-bond donors (Lipinski definition) is 2. The highest BCUT2D eigenvalue weighted by atomic mass is 16.5. The molecule has 1 aromatic carbocycles. The van der Waals surface area contributed by atoms with Crippen molar-refractivity contribution < 1.29 is 9.84 Å². The molecule has 2 saturated heterocycles. The van der Waals surface area contributed by atoms with Crippen LogP contribution < -0.4 is 10.1 Å². The number of benzene rings is 1. The van der Waals surface area contributed by atoms with Crippen LogP contribution in [0.1, 0.15) is 31.4 Å². The van der Waals surface area contributed by atoms with Crippen LogP contribution in [0.2, 0.25) is 0 Å². The van der Waals surface area contributed by atoms with Crippen molar-refractivity contribution in [3.63, 3.8) is 0 Å². The van der Waals surface area contributed by atoms with E-state index in [2.05, 4.69) is 20.6 Å². The second-order valence-corrected chi connectivity index (χ2v) is 7.71. The summed E-state index contributed by atoms with van der Waals surface area (Å²) in [5.74, 6) is 0.682. The molecule has 2 N–H and O–H groups in total. The van der Waals surface area contributed by atoms with Gasteiger partial charge in [-0.05, 0) is 56.9 Å². The normalized spacial score (nSPS) is 23.7. The van der Waals surface area contributed by atoms with Crippen LogP contribution in [0.5, 0.6) is 11.6 Å². The van der Waals surface area contributed by atoms with Crippen molar-refractivity contribution in [2.45, 2.75) is 50.8 Å². The molecule has 144 valence electrons. The molecule has 4 heterocycles. The second kappa shape index (κ2) is 6.91. The van der Waals surface area contributed by atoms with E-state index in [0.717, 1.165) is 24.2 Å². The third-order valence-corrected chi connectivity index (χ3v) is 5.60. The number of phenols is 1. The molecule has 0 saturated carbocycles. The summed E-state index contributed by atoms with van der Waals surface area (Å²) in [5, 5.41) is 26.9. The average molecular weight is 377 g/mol. The number of piperidine rings is 1. The third kappa shape index (κ3) is 3.33. The SMILES string of the molecule is Cc1ccn(-c2ccc(-c3ccc(O[C@H]4C[C@H]5CC[C@@H](C4)N5)nn3)c(O)c2)n1. The fraction of sp³-hybridized carbons (Fsp3) is 0.381. The van der Waals surface area contributed by atoms with Crippen molar-refractivity contribution in [3.05, 3.63) is 48.3 Å². The fourth-order valence-corrected chi connectivity index (χ4v) is 4.24. The van der Waals surface area contributed by atoms with E-state index < -0.39 is 0 Å². The van der Waals surface area contributed by atoms with E-state index >= 15 is 0 Å². The zero-order chi connectivity index (χ0) is 19.1. The van der Waals surface area contributed by atoms with Crippen LogP contribution in [-0.2, 0) is 0 Å². The summed E-state index contributed by atoms with van der Waals surface area (Å²) in [4.78, 5) is 0. The molecular formula is C21H23N5O2. The molecule has 2 aromatic heterocycles. The van der Waals surface area contributed by atoms with Gasteiger partial charge in [-0.1, -0.05) is 0 Å². The van der Waals surface area contributed by atoms with E-state index in [1.54, 1.807) is 10.7 Å². The molecule has 2 fully saturated rings. The maximum Gasteiger partial charge on any atom is 0.233 e. The standard InChI is InChI=1S/C21H23N5O2/c1-13-8-9-26(25-13)16-4-5-18(20(27)12-16)19-6-7-21(24-23-19)28-17-10-14-2-3-15(11-17)22-14/h4-9,12,14-15,17,22,27H,2-3,10-11H2,1H3/t14-,15+,17+. The Labute approximate surface area is 163 Å². The molecule has 28 heavy (non-hydrogen) atoms. The molecule has 3 atom stereocenters. The first-order chi connectivity index (χ1) is 13.6. The number of nitrogens with zero attached hydrogens (tertiary/aromatic N) is 4. The molecule has 2 aliphatic rings. The Morgan fingerprint density at radius 3 is 2.54 bits per heavy atom. The van der Waals surface area contributed by atoms with Gasteiger partial charge in [0.2, 0.25) is 5.88 Å². The topological polar surface area (TPSA) is 85.1 Å². The Kier molecular flexibility index (Phi) is 4.24. The van der Waals surface area contributed by atoms with Crippen LogP contribution in [0.15, 0.2) is 42.6 Å². The highest BCUT2D eigenvalue weighted by Gasteiger charge is 2.34. The van der Waals surface area contributed by atoms with Crippen molar-refractivity contribution in [2.75, 3.05) is 0 Å². The number of aryl methyl sites for hydroxylation is 1. The largest absolute Gasteiger partial charge is 0.507 e. The number of nitrogens with one attached hydrogen (secondary N) is 1. The number of rotatable bonds is 4. The zero-order valence-electron chi connectivity index (χ0n) is 15.7. The van der Waals surface area contributed by atoms with Crippen molar-refractivity contribution >= 4 is 0 Å². The zero-order valence-corrected chi connectivity index (χ0v) is 15.7. The lowest BCUT2D eigenvalue weighted by Crippen LogP contribution is -2.42. The lowest BCUT2D eigenvalue weighted by atomic mass is 10.0. The maximum absolute atomic E-state index is 10.5. The first kappa shape index (κ1) is 17.2. The van der Waals surface area contributed by atoms with Gasteiger partial charge in [-0.2, -0.15) is 5.10 Å². The van der Waals surface area contributed by atoms with Crippen molar-refractivity contribution in [3.8, 4) is 28.6 Å². The molecule has 2 aliphatic heterocycles. The van der Waals surface area contributed by atoms with Gasteiger partial charge in [-0.15, -0.1) is 10.2 Å². The number of aromatic hydroxyl groups is 1. The molecule has 2 bridgehead atoms. The van der Waals surface area contributed by atoms with Crippen LogP contribution in [-0.4, -0.2) is 43.3 Å². The van der Waals surface area contributed by atoms with Gasteiger partial charge in [-0.25, -0.2) is 4.68 Å². The second-order valence-electron chi connectivity index (χ2n) is 7.71. The lowest BCUT2D eigenvalue weighted by molar-refractivity contribution is 0.130. The predicted octanol–water partition coefficient (Wildman–Crippen LogP) is 3.01. The fourth-order valence-electron chi connectivity index (χ4n) is 4.24. The van der Waals surface area contributed by atoms with Gasteiger partial charge < -0.3 is 15.2 Å². The van der Waals surface area contributed by atoms with Gasteiger partial charge in [0.15, 0.2) is 0 Å². The number of phenolic OH excluding ortho intramolecular Hbond substituents is 1. The first-order valence-electron chi connectivity index (χ1n) is 9.76. The molecule has 5 rings (SSSR count). The smallest absolute Gasteiger partial charge is 0.233 e. The Hall–Kier alpha value is -2.93. The highest BCUT2D eigenvalue weighted by Crippen LogP contribution is 2.31. The van der Waals surface area contributed by atoms with Crippen molar-refractivity contribution in [1.82, 2.24) is 25.3 Å². The van der Waals surface area contributed by atoms with Gasteiger partial charge in [0.1, 0.15) is 11.9 Å². The summed E-state index contributed by atoms with van der Waals surface area (Å²) in [6.07, 6.45) is 6.59. The number of hydrogen-bond acceptors (Lipinski definition) is 6.